The smallest absolute Gasteiger partial charge is 0.287 e. The molecule has 4 rings (SSSR count). The molecule has 31 heavy (non-hydrogen) atoms. The molecular weight excluding hydrogens is 414 g/mol. The average Bonchev–Trinajstić information content (AvgIpc) is 3.06. The van der Waals surface area contributed by atoms with Gasteiger partial charge in [0.05, 0.1) is 0 Å². The first-order valence-electron chi connectivity index (χ1n) is 10.4. The van der Waals surface area contributed by atoms with Crippen LogP contribution in [0.15, 0.2) is 24.3 Å². The molecule has 1 amide bonds. The summed E-state index contributed by atoms with van der Waals surface area (Å²) in [7, 11) is 0. The van der Waals surface area contributed by atoms with E-state index in [2.05, 4.69) is 5.32 Å². The summed E-state index contributed by atoms with van der Waals surface area (Å²) in [6, 6.07) is 7.05. The van der Waals surface area contributed by atoms with Crippen molar-refractivity contribution < 1.29 is 24.2 Å². The van der Waals surface area contributed by atoms with Gasteiger partial charge in [0.2, 0.25) is 5.12 Å². The number of phenolic OH excluding ortho intramolecular Hbond substituents is 1. The van der Waals surface area contributed by atoms with Crippen LogP contribution in [0.1, 0.15) is 41.2 Å². The van der Waals surface area contributed by atoms with E-state index in [0.29, 0.717) is 24.5 Å². The van der Waals surface area contributed by atoms with Crippen LogP contribution in [0.3, 0.4) is 0 Å². The monoisotopic (exact) mass is 441 g/mol. The maximum Gasteiger partial charge on any atom is 0.287 e. The zero-order valence-corrected chi connectivity index (χ0v) is 19.0. The van der Waals surface area contributed by atoms with E-state index in [0.717, 1.165) is 58.2 Å². The van der Waals surface area contributed by atoms with Crippen molar-refractivity contribution >= 4 is 22.1 Å². The predicted octanol–water partition coefficient (Wildman–Crippen LogP) is 4.37. The second-order valence-corrected chi connectivity index (χ2v) is 9.57. The summed E-state index contributed by atoms with van der Waals surface area (Å²) in [5.41, 5.74) is 4.09. The Balaban J connectivity index is 1.51. The number of carbonyl (C=O) groups is 2. The lowest BCUT2D eigenvalue weighted by Gasteiger charge is -2.37. The Labute approximate surface area is 186 Å². The summed E-state index contributed by atoms with van der Waals surface area (Å²) >= 11 is 0.720. The third-order valence-corrected chi connectivity index (χ3v) is 7.08. The Hall–Kier alpha value is -2.67. The lowest BCUT2D eigenvalue weighted by atomic mass is 9.87. The molecule has 2 N–H and O–H groups in total. The fraction of sp³-hybridized carbons (Fsp3) is 0.417. The Morgan fingerprint density at radius 2 is 1.94 bits per heavy atom. The molecule has 2 unspecified atom stereocenters. The molecule has 0 aromatic heterocycles. The molecule has 2 aliphatic heterocycles. The Kier molecular flexibility index (Phi) is 5.64. The van der Waals surface area contributed by atoms with Gasteiger partial charge in [-0.25, -0.2) is 0 Å². The van der Waals surface area contributed by atoms with E-state index < -0.39 is 11.6 Å². The summed E-state index contributed by atoms with van der Waals surface area (Å²) in [6.07, 6.45) is 1.96. The minimum atomic E-state index is -0.531. The third kappa shape index (κ3) is 4.11. The number of amides is 1. The van der Waals surface area contributed by atoms with Gasteiger partial charge in [0.25, 0.3) is 5.24 Å². The number of benzene rings is 2. The van der Waals surface area contributed by atoms with Crippen LogP contribution in [0, 0.1) is 20.8 Å². The lowest BCUT2D eigenvalue weighted by molar-refractivity contribution is -0.112. The van der Waals surface area contributed by atoms with Gasteiger partial charge in [-0.15, -0.1) is 0 Å². The van der Waals surface area contributed by atoms with Crippen molar-refractivity contribution in [2.45, 2.75) is 58.6 Å². The third-order valence-electron chi connectivity index (χ3n) is 6.29. The number of hydrogen-bond donors (Lipinski definition) is 2. The van der Waals surface area contributed by atoms with Crippen LogP contribution in [0.5, 0.6) is 17.2 Å². The van der Waals surface area contributed by atoms with Crippen molar-refractivity contribution in [3.8, 4) is 17.2 Å². The van der Waals surface area contributed by atoms with Crippen molar-refractivity contribution in [3.63, 3.8) is 0 Å². The van der Waals surface area contributed by atoms with Crippen molar-refractivity contribution in [3.05, 3.63) is 52.1 Å². The Morgan fingerprint density at radius 1 is 1.19 bits per heavy atom. The van der Waals surface area contributed by atoms with Crippen molar-refractivity contribution in [1.82, 2.24) is 5.32 Å². The van der Waals surface area contributed by atoms with Gasteiger partial charge in [0.15, 0.2) is 0 Å². The number of para-hydroxylation sites is 1. The minimum absolute atomic E-state index is 0.163. The molecule has 0 aliphatic carbocycles. The quantitative estimate of drug-likeness (QED) is 0.717. The molecule has 2 aromatic carbocycles. The maximum atomic E-state index is 12.0. The van der Waals surface area contributed by atoms with Gasteiger partial charge in [-0.3, -0.25) is 9.59 Å². The fourth-order valence-corrected chi connectivity index (χ4v) is 4.86. The molecule has 0 spiro atoms. The highest BCUT2D eigenvalue weighted by atomic mass is 32.2. The molecule has 0 saturated carbocycles. The van der Waals surface area contributed by atoms with Gasteiger partial charge >= 0.3 is 0 Å². The molecule has 6 nitrogen and oxygen atoms in total. The van der Waals surface area contributed by atoms with E-state index in [1.54, 1.807) is 0 Å². The molecule has 0 bridgehead atoms. The number of rotatable bonds is 5. The summed E-state index contributed by atoms with van der Waals surface area (Å²) in [5.74, 6) is 1.88. The molecule has 2 aromatic rings. The van der Waals surface area contributed by atoms with Crippen LogP contribution in [0.4, 0.5) is 4.79 Å². The van der Waals surface area contributed by atoms with Crippen LogP contribution in [0.25, 0.3) is 0 Å². The summed E-state index contributed by atoms with van der Waals surface area (Å²) in [4.78, 5) is 23.5. The first kappa shape index (κ1) is 21.6. The number of nitrogens with one attached hydrogen (secondary N) is 1. The Morgan fingerprint density at radius 3 is 2.65 bits per heavy atom. The van der Waals surface area contributed by atoms with Crippen LogP contribution in [0.2, 0.25) is 0 Å². The van der Waals surface area contributed by atoms with Gasteiger partial charge in [-0.2, -0.15) is 0 Å². The van der Waals surface area contributed by atoms with Crippen LogP contribution < -0.4 is 14.8 Å². The number of phenols is 1. The molecule has 1 fully saturated rings. The predicted molar refractivity (Wildman–Crippen MR) is 120 cm³/mol. The highest BCUT2D eigenvalue weighted by Gasteiger charge is 2.36. The summed E-state index contributed by atoms with van der Waals surface area (Å²) in [6.45, 7) is 8.19. The fourth-order valence-electron chi connectivity index (χ4n) is 4.19. The maximum absolute atomic E-state index is 12.0. The van der Waals surface area contributed by atoms with Gasteiger partial charge in [-0.05, 0) is 68.9 Å². The average molecular weight is 442 g/mol. The molecule has 7 heteroatoms. The van der Waals surface area contributed by atoms with E-state index in [9.17, 15) is 14.7 Å². The highest BCUT2D eigenvalue weighted by molar-refractivity contribution is 8.26. The molecule has 164 valence electrons. The van der Waals surface area contributed by atoms with Gasteiger partial charge in [0, 0.05) is 23.7 Å². The van der Waals surface area contributed by atoms with E-state index >= 15 is 0 Å². The number of carbonyl (C=O) groups excluding carboxylic acids is 2. The highest BCUT2D eigenvalue weighted by Crippen LogP contribution is 2.43. The summed E-state index contributed by atoms with van der Waals surface area (Å²) < 4.78 is 12.6. The van der Waals surface area contributed by atoms with E-state index in [1.165, 1.54) is 0 Å². The number of ether oxygens (including phenoxy) is 2. The number of fused-ring (bicyclic) bond motifs is 1. The van der Waals surface area contributed by atoms with E-state index in [-0.39, 0.29) is 10.4 Å². The largest absolute Gasteiger partial charge is 0.507 e. The number of aromatic hydroxyl groups is 1. The normalized spacial score (nSPS) is 22.6. The van der Waals surface area contributed by atoms with Crippen molar-refractivity contribution in [2.24, 2.45) is 0 Å². The van der Waals surface area contributed by atoms with E-state index in [4.69, 9.17) is 9.47 Å². The van der Waals surface area contributed by atoms with Gasteiger partial charge in [0.1, 0.15) is 35.5 Å². The molecule has 2 atom stereocenters. The van der Waals surface area contributed by atoms with Gasteiger partial charge in [-0.1, -0.05) is 18.2 Å². The molecule has 1 saturated heterocycles. The zero-order valence-electron chi connectivity index (χ0n) is 18.2. The first-order chi connectivity index (χ1) is 14.7. The van der Waals surface area contributed by atoms with Gasteiger partial charge < -0.3 is 19.9 Å². The Bertz CT molecular complexity index is 1070. The number of hydrogen-bond acceptors (Lipinski definition) is 6. The zero-order chi connectivity index (χ0) is 22.3. The molecule has 0 radical (unpaired) electrons. The summed E-state index contributed by atoms with van der Waals surface area (Å²) in [5, 5.41) is 12.6. The molecule has 2 heterocycles. The van der Waals surface area contributed by atoms with Crippen molar-refractivity contribution in [2.75, 3.05) is 6.61 Å². The van der Waals surface area contributed by atoms with Crippen LogP contribution in [-0.4, -0.2) is 33.7 Å². The lowest BCUT2D eigenvalue weighted by Crippen LogP contribution is -2.42. The first-order valence-corrected chi connectivity index (χ1v) is 11.2. The molecular formula is C24H27NO5S. The SMILES string of the molecule is Cc1c(C)c2c(c(C)c1O)CCC(C)(COc1ccccc1CC1NC(=O)SC1=O)O2. The number of thioether (sulfide) groups is 1. The topological polar surface area (TPSA) is 84.9 Å². The second kappa shape index (κ2) is 8.11. The van der Waals surface area contributed by atoms with E-state index in [1.807, 2.05) is 52.0 Å². The standard InChI is InChI=1S/C24H27NO5S/c1-13-14(2)21-17(15(3)20(13)26)9-10-24(4,30-21)12-29-19-8-6-5-7-16(19)11-18-22(27)31-23(28)25-18/h5-8,18,26H,9-12H2,1-4H3,(H,25,28). The minimum Gasteiger partial charge on any atom is -0.507 e. The van der Waals surface area contributed by atoms with Crippen molar-refractivity contribution in [1.29, 1.82) is 0 Å². The van der Waals surface area contributed by atoms with Crippen LogP contribution in [-0.2, 0) is 17.6 Å². The second-order valence-electron chi connectivity index (χ2n) is 8.59. The molecule has 2 aliphatic rings. The van der Waals surface area contributed by atoms with Crippen LogP contribution >= 0.6 is 11.8 Å².